The second-order valence-corrected chi connectivity index (χ2v) is 8.60. The van der Waals surface area contributed by atoms with Crippen molar-refractivity contribution in [3.63, 3.8) is 0 Å². The number of carbonyl (C=O) groups is 2. The third kappa shape index (κ3) is 4.11. The van der Waals surface area contributed by atoms with Gasteiger partial charge in [0, 0.05) is 29.8 Å². The SMILES string of the molecule is Cc1nc(C2CCCN2C(=O)c2ccccc2)nc2c1CCC(=O)N2Cc1ccc(F)cc1. The molecular weight excluding hydrogens is 419 g/mol. The summed E-state index contributed by atoms with van der Waals surface area (Å²) in [6.45, 7) is 2.91. The second-order valence-electron chi connectivity index (χ2n) is 8.60. The third-order valence-electron chi connectivity index (χ3n) is 6.44. The summed E-state index contributed by atoms with van der Waals surface area (Å²) in [5.41, 5.74) is 3.27. The molecule has 2 aliphatic heterocycles. The van der Waals surface area contributed by atoms with Crippen LogP contribution in [0.25, 0.3) is 0 Å². The highest BCUT2D eigenvalue weighted by atomic mass is 19.1. The van der Waals surface area contributed by atoms with Crippen LogP contribution < -0.4 is 4.90 Å². The second kappa shape index (κ2) is 8.73. The van der Waals surface area contributed by atoms with Crippen molar-refractivity contribution in [1.29, 1.82) is 0 Å². The van der Waals surface area contributed by atoms with E-state index in [9.17, 15) is 14.0 Å². The lowest BCUT2D eigenvalue weighted by Crippen LogP contribution is -2.37. The summed E-state index contributed by atoms with van der Waals surface area (Å²) < 4.78 is 13.4. The van der Waals surface area contributed by atoms with Crippen molar-refractivity contribution in [2.75, 3.05) is 11.4 Å². The van der Waals surface area contributed by atoms with Crippen molar-refractivity contribution >= 4 is 17.6 Å². The van der Waals surface area contributed by atoms with Gasteiger partial charge in [-0.2, -0.15) is 0 Å². The zero-order valence-electron chi connectivity index (χ0n) is 18.5. The number of aryl methyl sites for hydroxylation is 1. The number of likely N-dealkylation sites (tertiary alicyclic amines) is 1. The van der Waals surface area contributed by atoms with Gasteiger partial charge in [0.05, 0.1) is 12.6 Å². The quantitative estimate of drug-likeness (QED) is 0.599. The molecule has 2 amide bonds. The fourth-order valence-corrected chi connectivity index (χ4v) is 4.71. The molecule has 1 fully saturated rings. The number of amides is 2. The summed E-state index contributed by atoms with van der Waals surface area (Å²) in [7, 11) is 0. The Kier molecular flexibility index (Phi) is 5.62. The molecule has 3 aromatic rings. The van der Waals surface area contributed by atoms with E-state index in [1.54, 1.807) is 17.0 Å². The highest BCUT2D eigenvalue weighted by Gasteiger charge is 2.35. The van der Waals surface area contributed by atoms with Crippen molar-refractivity contribution in [2.45, 2.75) is 45.2 Å². The lowest BCUT2D eigenvalue weighted by Gasteiger charge is -2.31. The van der Waals surface area contributed by atoms with Gasteiger partial charge in [-0.1, -0.05) is 30.3 Å². The predicted octanol–water partition coefficient (Wildman–Crippen LogP) is 4.38. The largest absolute Gasteiger partial charge is 0.328 e. The summed E-state index contributed by atoms with van der Waals surface area (Å²) in [6.07, 6.45) is 2.64. The summed E-state index contributed by atoms with van der Waals surface area (Å²) >= 11 is 0. The molecule has 5 rings (SSSR count). The van der Waals surface area contributed by atoms with Gasteiger partial charge < -0.3 is 4.90 Å². The molecule has 0 radical (unpaired) electrons. The van der Waals surface area contributed by atoms with E-state index < -0.39 is 0 Å². The Bertz CT molecular complexity index is 1200. The third-order valence-corrected chi connectivity index (χ3v) is 6.44. The summed E-state index contributed by atoms with van der Waals surface area (Å²) in [5, 5.41) is 0. The molecule has 0 spiro atoms. The van der Waals surface area contributed by atoms with Gasteiger partial charge >= 0.3 is 0 Å². The first-order chi connectivity index (χ1) is 16.0. The molecule has 1 unspecified atom stereocenters. The van der Waals surface area contributed by atoms with Crippen molar-refractivity contribution in [2.24, 2.45) is 0 Å². The monoisotopic (exact) mass is 444 g/mol. The van der Waals surface area contributed by atoms with Gasteiger partial charge in [0.15, 0.2) is 5.82 Å². The van der Waals surface area contributed by atoms with Crippen LogP contribution in [0.3, 0.4) is 0 Å². The normalized spacial score (nSPS) is 17.9. The minimum absolute atomic E-state index is 0.0143. The molecule has 3 heterocycles. The van der Waals surface area contributed by atoms with Gasteiger partial charge in [-0.25, -0.2) is 14.4 Å². The van der Waals surface area contributed by atoms with E-state index in [4.69, 9.17) is 9.97 Å². The number of anilines is 1. The molecule has 0 N–H and O–H groups in total. The van der Waals surface area contributed by atoms with E-state index in [1.165, 1.54) is 12.1 Å². The highest BCUT2D eigenvalue weighted by molar-refractivity contribution is 5.96. The zero-order chi connectivity index (χ0) is 22.9. The van der Waals surface area contributed by atoms with E-state index in [0.717, 1.165) is 29.7 Å². The van der Waals surface area contributed by atoms with E-state index in [1.807, 2.05) is 42.2 Å². The van der Waals surface area contributed by atoms with Crippen LogP contribution >= 0.6 is 0 Å². The molecule has 0 aliphatic carbocycles. The first-order valence-electron chi connectivity index (χ1n) is 11.3. The van der Waals surface area contributed by atoms with Gasteiger partial charge in [-0.15, -0.1) is 0 Å². The minimum atomic E-state index is -0.311. The van der Waals surface area contributed by atoms with Gasteiger partial charge in [0.2, 0.25) is 5.91 Å². The first kappa shape index (κ1) is 21.2. The number of carbonyl (C=O) groups excluding carboxylic acids is 2. The standard InChI is InChI=1S/C26H25FN4O2/c1-17-21-13-14-23(32)31(16-18-9-11-20(27)12-10-18)25(21)29-24(28-17)22-8-5-15-30(22)26(33)19-6-3-2-4-7-19/h2-4,6-7,9-12,22H,5,8,13-16H2,1H3. The fourth-order valence-electron chi connectivity index (χ4n) is 4.71. The number of hydrogen-bond acceptors (Lipinski definition) is 4. The number of nitrogens with zero attached hydrogens (tertiary/aromatic N) is 4. The molecule has 2 aromatic carbocycles. The summed E-state index contributed by atoms with van der Waals surface area (Å²) in [4.78, 5) is 39.2. The Morgan fingerprint density at radius 1 is 1.06 bits per heavy atom. The molecule has 0 saturated carbocycles. The number of halogens is 1. The van der Waals surface area contributed by atoms with Gasteiger partial charge in [-0.05, 0) is 56.0 Å². The van der Waals surface area contributed by atoms with E-state index >= 15 is 0 Å². The van der Waals surface area contributed by atoms with Crippen LogP contribution in [0.15, 0.2) is 54.6 Å². The Morgan fingerprint density at radius 3 is 2.58 bits per heavy atom. The number of hydrogen-bond donors (Lipinski definition) is 0. The van der Waals surface area contributed by atoms with Gasteiger partial charge in [0.1, 0.15) is 11.6 Å². The molecule has 1 saturated heterocycles. The molecule has 2 aliphatic rings. The Labute approximate surface area is 192 Å². The predicted molar refractivity (Wildman–Crippen MR) is 122 cm³/mol. The Morgan fingerprint density at radius 2 is 1.82 bits per heavy atom. The zero-order valence-corrected chi connectivity index (χ0v) is 18.5. The topological polar surface area (TPSA) is 66.4 Å². The van der Waals surface area contributed by atoms with E-state index in [-0.39, 0.29) is 23.7 Å². The van der Waals surface area contributed by atoms with Crippen LogP contribution in [0.4, 0.5) is 10.2 Å². The lowest BCUT2D eigenvalue weighted by atomic mass is 10.0. The number of rotatable bonds is 4. The maximum atomic E-state index is 13.4. The molecule has 1 atom stereocenters. The highest BCUT2D eigenvalue weighted by Crippen LogP contribution is 2.35. The number of benzene rings is 2. The van der Waals surface area contributed by atoms with Crippen LogP contribution in [0.2, 0.25) is 0 Å². The maximum absolute atomic E-state index is 13.4. The molecule has 0 bridgehead atoms. The maximum Gasteiger partial charge on any atom is 0.254 e. The van der Waals surface area contributed by atoms with Crippen LogP contribution in [0.5, 0.6) is 0 Å². The minimum Gasteiger partial charge on any atom is -0.328 e. The van der Waals surface area contributed by atoms with E-state index in [2.05, 4.69) is 0 Å². The molecule has 1 aromatic heterocycles. The molecule has 6 nitrogen and oxygen atoms in total. The number of fused-ring (bicyclic) bond motifs is 1. The van der Waals surface area contributed by atoms with E-state index in [0.29, 0.717) is 43.1 Å². The van der Waals surface area contributed by atoms with Gasteiger partial charge in [-0.3, -0.25) is 14.5 Å². The molecule has 7 heteroatoms. The van der Waals surface area contributed by atoms with Crippen molar-refractivity contribution in [3.05, 3.63) is 88.6 Å². The molecular formula is C26H25FN4O2. The average molecular weight is 445 g/mol. The lowest BCUT2D eigenvalue weighted by molar-refractivity contribution is -0.119. The summed E-state index contributed by atoms with van der Waals surface area (Å²) in [6, 6.07) is 15.2. The first-order valence-corrected chi connectivity index (χ1v) is 11.3. The van der Waals surface area contributed by atoms with Crippen molar-refractivity contribution < 1.29 is 14.0 Å². The van der Waals surface area contributed by atoms with Crippen molar-refractivity contribution in [3.8, 4) is 0 Å². The van der Waals surface area contributed by atoms with Gasteiger partial charge in [0.25, 0.3) is 5.91 Å². The molecule has 168 valence electrons. The molecule has 33 heavy (non-hydrogen) atoms. The van der Waals surface area contributed by atoms with Crippen molar-refractivity contribution in [1.82, 2.24) is 14.9 Å². The Hall–Kier alpha value is -3.61. The average Bonchev–Trinajstić information content (AvgIpc) is 3.32. The van der Waals surface area contributed by atoms with Crippen LogP contribution in [-0.2, 0) is 17.8 Å². The Balaban J connectivity index is 1.49. The summed E-state index contributed by atoms with van der Waals surface area (Å²) in [5.74, 6) is 0.828. The smallest absolute Gasteiger partial charge is 0.254 e. The van der Waals surface area contributed by atoms with Crippen LogP contribution in [0.1, 0.15) is 58.3 Å². The fraction of sp³-hybridized carbons (Fsp3) is 0.308. The van der Waals surface area contributed by atoms with Crippen LogP contribution in [0, 0.1) is 12.7 Å². The number of aromatic nitrogens is 2. The van der Waals surface area contributed by atoms with Crippen LogP contribution in [-0.4, -0.2) is 33.2 Å².